The van der Waals surface area contributed by atoms with E-state index >= 15 is 0 Å². The molecule has 0 bridgehead atoms. The van der Waals surface area contributed by atoms with Gasteiger partial charge in [-0.1, -0.05) is 30.3 Å². The number of aryl methyl sites for hydroxylation is 1. The van der Waals surface area contributed by atoms with Crippen LogP contribution in [0.3, 0.4) is 0 Å². The Morgan fingerprint density at radius 3 is 2.63 bits per heavy atom. The van der Waals surface area contributed by atoms with Crippen LogP contribution in [-0.4, -0.2) is 51.4 Å². The Labute approximate surface area is 157 Å². The second-order valence-electron chi connectivity index (χ2n) is 7.53. The highest BCUT2D eigenvalue weighted by Gasteiger charge is 2.71. The Balaban J connectivity index is 1.59. The molecule has 6 nitrogen and oxygen atoms in total. The number of hydrogen-bond acceptors (Lipinski definition) is 4. The van der Waals surface area contributed by atoms with Crippen molar-refractivity contribution in [3.05, 3.63) is 70.1 Å². The zero-order valence-corrected chi connectivity index (χ0v) is 15.3. The third-order valence-electron chi connectivity index (χ3n) is 6.27. The van der Waals surface area contributed by atoms with Gasteiger partial charge in [0.1, 0.15) is 0 Å². The zero-order valence-electron chi connectivity index (χ0n) is 15.3. The molecule has 1 aromatic carbocycles. The minimum atomic E-state index is -0.695. The fraction of sp³-hybridized carbons (Fsp3) is 0.429. The van der Waals surface area contributed by atoms with Crippen LogP contribution >= 0.6 is 0 Å². The van der Waals surface area contributed by atoms with E-state index in [1.54, 1.807) is 17.2 Å². The van der Waals surface area contributed by atoms with Gasteiger partial charge in [0.25, 0.3) is 11.5 Å². The van der Waals surface area contributed by atoms with Crippen LogP contribution in [0.5, 0.6) is 0 Å². The maximum absolute atomic E-state index is 12.9. The number of aliphatic hydroxyl groups is 2. The first-order valence-corrected chi connectivity index (χ1v) is 9.36. The highest BCUT2D eigenvalue weighted by atomic mass is 16.3. The molecular formula is C21H24N2O4. The highest BCUT2D eigenvalue weighted by Crippen LogP contribution is 2.68. The lowest BCUT2D eigenvalue weighted by Crippen LogP contribution is -2.31. The summed E-state index contributed by atoms with van der Waals surface area (Å²) in [5, 5.41) is 20.6. The van der Waals surface area contributed by atoms with Gasteiger partial charge in [-0.2, -0.15) is 0 Å². The summed E-state index contributed by atoms with van der Waals surface area (Å²) in [6.07, 6.45) is 0.929. The van der Waals surface area contributed by atoms with E-state index in [4.69, 9.17) is 0 Å². The Hall–Kier alpha value is -2.44. The first kappa shape index (κ1) is 17.9. The molecule has 1 aliphatic heterocycles. The third-order valence-corrected chi connectivity index (χ3v) is 6.27. The molecule has 1 saturated carbocycles. The standard InChI is InChI=1S/C21H24N2O4/c1-2-22-9-8-15(10-18(22)26)20(27)23-11-17(25)21(13-23)16(12-24)19(21)14-6-4-3-5-7-14/h3-10,16-17,19,24-25H,2,11-13H2,1H3/t16-,17-,19-,21-/m1/s1. The Bertz CT molecular complexity index is 910. The van der Waals surface area contributed by atoms with Crippen LogP contribution in [0, 0.1) is 11.3 Å². The topological polar surface area (TPSA) is 82.8 Å². The maximum Gasteiger partial charge on any atom is 0.254 e. The van der Waals surface area contributed by atoms with Gasteiger partial charge in [-0.25, -0.2) is 0 Å². The molecule has 0 radical (unpaired) electrons. The Kier molecular flexibility index (Phi) is 4.40. The molecule has 1 spiro atoms. The molecule has 1 saturated heterocycles. The van der Waals surface area contributed by atoms with E-state index in [1.807, 2.05) is 37.3 Å². The number of aliphatic hydroxyl groups excluding tert-OH is 2. The minimum Gasteiger partial charge on any atom is -0.396 e. The molecule has 1 amide bonds. The Morgan fingerprint density at radius 2 is 2.00 bits per heavy atom. The van der Waals surface area contributed by atoms with Crippen molar-refractivity contribution in [2.75, 3.05) is 19.7 Å². The summed E-state index contributed by atoms with van der Waals surface area (Å²) in [5.41, 5.74) is 0.700. The largest absolute Gasteiger partial charge is 0.396 e. The van der Waals surface area contributed by atoms with Crippen molar-refractivity contribution in [1.82, 2.24) is 9.47 Å². The summed E-state index contributed by atoms with van der Waals surface area (Å²) in [7, 11) is 0. The van der Waals surface area contributed by atoms with Crippen LogP contribution in [0.25, 0.3) is 0 Å². The average Bonchev–Trinajstić information content (AvgIpc) is 3.22. The number of rotatable bonds is 4. The fourth-order valence-electron chi connectivity index (χ4n) is 4.81. The van der Waals surface area contributed by atoms with Gasteiger partial charge >= 0.3 is 0 Å². The molecule has 1 aromatic heterocycles. The quantitative estimate of drug-likeness (QED) is 0.846. The van der Waals surface area contributed by atoms with Gasteiger partial charge in [0.15, 0.2) is 0 Å². The molecule has 27 heavy (non-hydrogen) atoms. The second kappa shape index (κ2) is 6.62. The number of hydrogen-bond donors (Lipinski definition) is 2. The minimum absolute atomic E-state index is 0.0226. The molecule has 0 unspecified atom stereocenters. The van der Waals surface area contributed by atoms with E-state index < -0.39 is 11.5 Å². The van der Waals surface area contributed by atoms with E-state index in [2.05, 4.69) is 0 Å². The van der Waals surface area contributed by atoms with Gasteiger partial charge in [-0.3, -0.25) is 9.59 Å². The molecule has 4 rings (SSSR count). The fourth-order valence-corrected chi connectivity index (χ4v) is 4.81. The highest BCUT2D eigenvalue weighted by molar-refractivity contribution is 5.94. The van der Waals surface area contributed by atoms with Crippen LogP contribution < -0.4 is 5.56 Å². The van der Waals surface area contributed by atoms with Crippen molar-refractivity contribution in [1.29, 1.82) is 0 Å². The first-order valence-electron chi connectivity index (χ1n) is 9.36. The lowest BCUT2D eigenvalue weighted by molar-refractivity contribution is 0.0763. The van der Waals surface area contributed by atoms with Crippen LogP contribution in [0.2, 0.25) is 0 Å². The smallest absolute Gasteiger partial charge is 0.254 e. The van der Waals surface area contributed by atoms with E-state index in [9.17, 15) is 19.8 Å². The number of amides is 1. The lowest BCUT2D eigenvalue weighted by atomic mass is 9.95. The number of benzene rings is 1. The Morgan fingerprint density at radius 1 is 1.26 bits per heavy atom. The molecule has 6 heteroatoms. The van der Waals surface area contributed by atoms with Gasteiger partial charge in [0.2, 0.25) is 0 Å². The molecule has 2 aromatic rings. The van der Waals surface area contributed by atoms with Crippen molar-refractivity contribution in [3.63, 3.8) is 0 Å². The van der Waals surface area contributed by atoms with E-state index in [1.165, 1.54) is 10.6 Å². The van der Waals surface area contributed by atoms with Gasteiger partial charge < -0.3 is 19.7 Å². The van der Waals surface area contributed by atoms with Crippen LogP contribution in [0.1, 0.15) is 28.8 Å². The van der Waals surface area contributed by atoms with Gasteiger partial charge in [-0.15, -0.1) is 0 Å². The molecule has 2 fully saturated rings. The normalized spacial score (nSPS) is 29.3. The number of nitrogens with zero attached hydrogens (tertiary/aromatic N) is 2. The molecule has 1 aliphatic carbocycles. The number of carbonyl (C=O) groups excluding carboxylic acids is 1. The van der Waals surface area contributed by atoms with Crippen molar-refractivity contribution < 1.29 is 15.0 Å². The molecular weight excluding hydrogens is 344 g/mol. The molecule has 2 heterocycles. The van der Waals surface area contributed by atoms with Crippen LogP contribution in [0.4, 0.5) is 0 Å². The van der Waals surface area contributed by atoms with Gasteiger partial charge in [-0.05, 0) is 30.4 Å². The zero-order chi connectivity index (χ0) is 19.2. The van der Waals surface area contributed by atoms with Crippen molar-refractivity contribution in [3.8, 4) is 0 Å². The maximum atomic E-state index is 12.9. The first-order chi connectivity index (χ1) is 13.0. The number of β-amino-alcohol motifs (C(OH)–C–C–N with tert-alkyl or cyclic N) is 1. The van der Waals surface area contributed by atoms with Crippen LogP contribution in [0.15, 0.2) is 53.5 Å². The molecule has 142 valence electrons. The number of aromatic nitrogens is 1. The molecule has 2 aliphatic rings. The average molecular weight is 368 g/mol. The van der Waals surface area contributed by atoms with E-state index in [-0.39, 0.29) is 36.5 Å². The summed E-state index contributed by atoms with van der Waals surface area (Å²) >= 11 is 0. The second-order valence-corrected chi connectivity index (χ2v) is 7.53. The summed E-state index contributed by atoms with van der Waals surface area (Å²) in [5.74, 6) is -0.285. The number of pyridine rings is 1. The van der Waals surface area contributed by atoms with Gasteiger partial charge in [0, 0.05) is 49.5 Å². The molecule has 4 atom stereocenters. The summed E-state index contributed by atoms with van der Waals surface area (Å²) in [6, 6.07) is 12.8. The van der Waals surface area contributed by atoms with Gasteiger partial charge in [0.05, 0.1) is 6.10 Å². The molecule has 2 N–H and O–H groups in total. The SMILES string of the molecule is CCn1ccc(C(=O)N2C[C@@H](O)[C@@]3(C2)[C@H](CO)[C@H]3c2ccccc2)cc1=O. The van der Waals surface area contributed by atoms with Crippen molar-refractivity contribution in [2.45, 2.75) is 25.5 Å². The third kappa shape index (κ3) is 2.71. The van der Waals surface area contributed by atoms with Crippen LogP contribution in [-0.2, 0) is 6.54 Å². The van der Waals surface area contributed by atoms with E-state index in [0.29, 0.717) is 18.7 Å². The summed E-state index contributed by atoms with van der Waals surface area (Å²) < 4.78 is 1.53. The lowest BCUT2D eigenvalue weighted by Gasteiger charge is -2.17. The predicted molar refractivity (Wildman–Crippen MR) is 100 cm³/mol. The number of carbonyl (C=O) groups is 1. The summed E-state index contributed by atoms with van der Waals surface area (Å²) in [4.78, 5) is 26.6. The van der Waals surface area contributed by atoms with E-state index in [0.717, 1.165) is 5.56 Å². The summed E-state index contributed by atoms with van der Waals surface area (Å²) in [6.45, 7) is 3.00. The monoisotopic (exact) mass is 368 g/mol. The van der Waals surface area contributed by atoms with Crippen molar-refractivity contribution >= 4 is 5.91 Å². The predicted octanol–water partition coefficient (Wildman–Crippen LogP) is 1.08. The van der Waals surface area contributed by atoms with Crippen molar-refractivity contribution in [2.24, 2.45) is 11.3 Å². The number of likely N-dealkylation sites (tertiary alicyclic amines) is 1.